The number of likely N-dealkylation sites (tertiary alicyclic amines) is 1. The first-order valence-electron chi connectivity index (χ1n) is 12.9. The van der Waals surface area contributed by atoms with Crippen molar-refractivity contribution in [1.82, 2.24) is 19.8 Å². The maximum absolute atomic E-state index is 14.1. The lowest BCUT2D eigenvalue weighted by molar-refractivity contribution is -0.140. The summed E-state index contributed by atoms with van der Waals surface area (Å²) < 4.78 is 26.8. The standard InChI is InChI=1S/C27H29FN4O5.CH2O2/c1-16(2)37-27(35)25-20(5-4-9-29-25)26(34)30-24-17-11-32(12-18(24)15-36-14-17)23(33)13-31-10-8-19-21(28)6-3-7-22(19)31;2-1-3/h3-10,16-18,24H,11-15H2,1-2H3,(H,30,34);1H,(H,2,3)/t17-,18-;/m0./s1. The zero-order valence-electron chi connectivity index (χ0n) is 22.2. The molecule has 11 nitrogen and oxygen atoms in total. The second-order valence-electron chi connectivity index (χ2n) is 9.93. The Morgan fingerprint density at radius 3 is 2.55 bits per heavy atom. The van der Waals surface area contributed by atoms with Crippen LogP contribution in [-0.4, -0.2) is 82.3 Å². The van der Waals surface area contributed by atoms with Gasteiger partial charge in [0.05, 0.1) is 30.4 Å². The Kier molecular flexibility index (Phi) is 9.10. The maximum Gasteiger partial charge on any atom is 0.358 e. The summed E-state index contributed by atoms with van der Waals surface area (Å²) in [6.45, 7) is 4.95. The predicted molar refractivity (Wildman–Crippen MR) is 141 cm³/mol. The van der Waals surface area contributed by atoms with Crippen molar-refractivity contribution in [3.63, 3.8) is 0 Å². The predicted octanol–water partition coefficient (Wildman–Crippen LogP) is 2.34. The summed E-state index contributed by atoms with van der Waals surface area (Å²) in [5.41, 5.74) is 0.790. The number of carbonyl (C=O) groups is 4. The van der Waals surface area contributed by atoms with Crippen molar-refractivity contribution in [2.45, 2.75) is 32.5 Å². The third kappa shape index (κ3) is 6.28. The minimum absolute atomic E-state index is 0.0295. The summed E-state index contributed by atoms with van der Waals surface area (Å²) in [7, 11) is 0. The van der Waals surface area contributed by atoms with Crippen LogP contribution in [0, 0.1) is 17.7 Å². The molecular weight excluding hydrogens is 523 g/mol. The SMILES string of the molecule is CC(C)OC(=O)c1ncccc1C(=O)NC1[C@@H]2COC[C@@H]1CN(C(=O)Cn1ccc3c(F)cccc31)C2.O=CO. The van der Waals surface area contributed by atoms with Crippen LogP contribution in [0.3, 0.4) is 0 Å². The molecule has 0 radical (unpaired) electrons. The number of hydrogen-bond donors (Lipinski definition) is 2. The van der Waals surface area contributed by atoms with Crippen LogP contribution in [0.2, 0.25) is 0 Å². The molecule has 3 aromatic rings. The molecule has 2 N–H and O–H groups in total. The molecule has 0 saturated carbocycles. The quantitative estimate of drug-likeness (QED) is 0.350. The van der Waals surface area contributed by atoms with E-state index in [0.29, 0.717) is 37.2 Å². The Hall–Kier alpha value is -4.32. The highest BCUT2D eigenvalue weighted by Crippen LogP contribution is 2.29. The molecule has 0 unspecified atom stereocenters. The number of ether oxygens (including phenoxy) is 2. The van der Waals surface area contributed by atoms with Gasteiger partial charge in [0.2, 0.25) is 5.91 Å². The lowest BCUT2D eigenvalue weighted by Gasteiger charge is -2.47. The average Bonchev–Trinajstić information content (AvgIpc) is 3.32. The summed E-state index contributed by atoms with van der Waals surface area (Å²) in [6, 6.07) is 9.42. The lowest BCUT2D eigenvalue weighted by Crippen LogP contribution is -2.62. The van der Waals surface area contributed by atoms with Crippen molar-refractivity contribution < 1.29 is 38.1 Å². The maximum atomic E-state index is 14.1. The molecule has 12 heteroatoms. The van der Waals surface area contributed by atoms with Gasteiger partial charge in [-0.1, -0.05) is 6.07 Å². The number of piperidine rings is 1. The van der Waals surface area contributed by atoms with E-state index in [4.69, 9.17) is 19.4 Å². The number of carboxylic acid groups (broad SMARTS) is 1. The number of amides is 2. The Balaban J connectivity index is 0.00000118. The number of nitrogens with zero attached hydrogens (tertiary/aromatic N) is 3. The Labute approximate surface area is 229 Å². The number of benzene rings is 1. The van der Waals surface area contributed by atoms with Gasteiger partial charge in [0.25, 0.3) is 12.4 Å². The van der Waals surface area contributed by atoms with Crippen molar-refractivity contribution in [3.05, 3.63) is 65.9 Å². The summed E-state index contributed by atoms with van der Waals surface area (Å²) >= 11 is 0. The molecule has 1 aromatic carbocycles. The summed E-state index contributed by atoms with van der Waals surface area (Å²) in [5.74, 6) is -1.67. The summed E-state index contributed by atoms with van der Waals surface area (Å²) in [5, 5.41) is 10.4. The molecule has 4 heterocycles. The number of esters is 1. The van der Waals surface area contributed by atoms with E-state index in [-0.39, 0.29) is 60.0 Å². The number of halogens is 1. The molecule has 40 heavy (non-hydrogen) atoms. The lowest BCUT2D eigenvalue weighted by atomic mass is 9.82. The van der Waals surface area contributed by atoms with E-state index in [1.165, 1.54) is 12.3 Å². The molecule has 0 spiro atoms. The van der Waals surface area contributed by atoms with Crippen molar-refractivity contribution in [1.29, 1.82) is 0 Å². The molecule has 2 bridgehead atoms. The van der Waals surface area contributed by atoms with Crippen LogP contribution in [-0.2, 0) is 25.6 Å². The van der Waals surface area contributed by atoms with Gasteiger partial charge in [0, 0.05) is 48.7 Å². The molecule has 0 aliphatic carbocycles. The highest BCUT2D eigenvalue weighted by Gasteiger charge is 2.42. The van der Waals surface area contributed by atoms with E-state index in [9.17, 15) is 18.8 Å². The molecule has 2 aliphatic heterocycles. The van der Waals surface area contributed by atoms with Crippen LogP contribution >= 0.6 is 0 Å². The highest BCUT2D eigenvalue weighted by molar-refractivity contribution is 6.04. The average molecular weight is 555 g/mol. The normalized spacial score (nSPS) is 19.9. The number of hydrogen-bond acceptors (Lipinski definition) is 7. The van der Waals surface area contributed by atoms with Gasteiger partial charge in [0.15, 0.2) is 5.69 Å². The van der Waals surface area contributed by atoms with E-state index >= 15 is 0 Å². The topological polar surface area (TPSA) is 140 Å². The second kappa shape index (κ2) is 12.7. The summed E-state index contributed by atoms with van der Waals surface area (Å²) in [6.07, 6.45) is 2.83. The van der Waals surface area contributed by atoms with Crippen LogP contribution in [0.25, 0.3) is 10.9 Å². The fourth-order valence-electron chi connectivity index (χ4n) is 5.20. The monoisotopic (exact) mass is 554 g/mol. The van der Waals surface area contributed by atoms with Crippen molar-refractivity contribution in [2.24, 2.45) is 11.8 Å². The smallest absolute Gasteiger partial charge is 0.358 e. The fraction of sp³-hybridized carbons (Fsp3) is 0.393. The van der Waals surface area contributed by atoms with Crippen LogP contribution in [0.5, 0.6) is 0 Å². The number of rotatable bonds is 6. The van der Waals surface area contributed by atoms with E-state index < -0.39 is 11.9 Å². The number of pyridine rings is 1. The third-order valence-corrected chi connectivity index (χ3v) is 6.89. The fourth-order valence-corrected chi connectivity index (χ4v) is 5.20. The van der Waals surface area contributed by atoms with Crippen LogP contribution < -0.4 is 5.32 Å². The molecule has 2 aliphatic rings. The molecule has 2 fully saturated rings. The zero-order chi connectivity index (χ0) is 28.8. The van der Waals surface area contributed by atoms with Crippen molar-refractivity contribution in [3.8, 4) is 0 Å². The van der Waals surface area contributed by atoms with E-state index in [0.717, 1.165) is 0 Å². The molecule has 2 atom stereocenters. The number of aromatic nitrogens is 2. The van der Waals surface area contributed by atoms with Gasteiger partial charge in [-0.05, 0) is 44.2 Å². The molecule has 2 aromatic heterocycles. The van der Waals surface area contributed by atoms with Crippen LogP contribution in [0.1, 0.15) is 34.7 Å². The zero-order valence-corrected chi connectivity index (χ0v) is 22.2. The van der Waals surface area contributed by atoms with Gasteiger partial charge in [-0.25, -0.2) is 14.2 Å². The number of carbonyl (C=O) groups excluding carboxylic acids is 3. The van der Waals surface area contributed by atoms with E-state index in [1.807, 2.05) is 0 Å². The second-order valence-corrected chi connectivity index (χ2v) is 9.93. The van der Waals surface area contributed by atoms with Crippen molar-refractivity contribution in [2.75, 3.05) is 26.3 Å². The van der Waals surface area contributed by atoms with Gasteiger partial charge in [0.1, 0.15) is 12.4 Å². The van der Waals surface area contributed by atoms with Crippen LogP contribution in [0.15, 0.2) is 48.8 Å². The first-order valence-corrected chi connectivity index (χ1v) is 12.9. The molecule has 2 amide bonds. The first kappa shape index (κ1) is 28.7. The van der Waals surface area contributed by atoms with Gasteiger partial charge in [-0.15, -0.1) is 0 Å². The molecule has 2 saturated heterocycles. The molecule has 212 valence electrons. The van der Waals surface area contributed by atoms with Crippen LogP contribution in [0.4, 0.5) is 4.39 Å². The van der Waals surface area contributed by atoms with Gasteiger partial charge in [-0.3, -0.25) is 14.4 Å². The molecule has 5 rings (SSSR count). The molecular formula is C28H31FN4O7. The largest absolute Gasteiger partial charge is 0.483 e. The minimum Gasteiger partial charge on any atom is -0.483 e. The van der Waals surface area contributed by atoms with Gasteiger partial charge < -0.3 is 29.4 Å². The first-order chi connectivity index (χ1) is 19.2. The van der Waals surface area contributed by atoms with E-state index in [1.54, 1.807) is 59.8 Å². The highest BCUT2D eigenvalue weighted by atomic mass is 19.1. The minimum atomic E-state index is -0.651. The van der Waals surface area contributed by atoms with Crippen molar-refractivity contribution >= 4 is 35.2 Å². The van der Waals surface area contributed by atoms with Gasteiger partial charge in [-0.2, -0.15) is 0 Å². The van der Waals surface area contributed by atoms with E-state index in [2.05, 4.69) is 10.3 Å². The Bertz CT molecular complexity index is 1380. The Morgan fingerprint density at radius 1 is 1.18 bits per heavy atom. The number of nitrogens with one attached hydrogen (secondary N) is 1. The summed E-state index contributed by atoms with van der Waals surface area (Å²) in [4.78, 5) is 53.1. The Morgan fingerprint density at radius 2 is 1.88 bits per heavy atom. The third-order valence-electron chi connectivity index (χ3n) is 6.89. The van der Waals surface area contributed by atoms with Gasteiger partial charge >= 0.3 is 5.97 Å². The number of fused-ring (bicyclic) bond motifs is 3.